The van der Waals surface area contributed by atoms with Gasteiger partial charge >= 0.3 is 0 Å². The van der Waals surface area contributed by atoms with E-state index in [0.717, 1.165) is 4.68 Å². The van der Waals surface area contributed by atoms with Crippen LogP contribution in [0.4, 0.5) is 10.1 Å². The van der Waals surface area contributed by atoms with E-state index in [1.807, 2.05) is 6.92 Å². The Balaban J connectivity index is 1.51. The van der Waals surface area contributed by atoms with Crippen molar-refractivity contribution >= 4 is 23.1 Å². The molecule has 37 heavy (non-hydrogen) atoms. The molecule has 0 radical (unpaired) electrons. The van der Waals surface area contributed by atoms with Crippen LogP contribution in [-0.2, 0) is 4.74 Å². The van der Waals surface area contributed by atoms with E-state index in [2.05, 4.69) is 15.4 Å². The molecule has 1 aliphatic heterocycles. The summed E-state index contributed by atoms with van der Waals surface area (Å²) < 4.78 is 32.5. The number of rotatable bonds is 10. The molecule has 0 spiro atoms. The van der Waals surface area contributed by atoms with Crippen molar-refractivity contribution < 1.29 is 23.4 Å². The predicted molar refractivity (Wildman–Crippen MR) is 137 cm³/mol. The molecular weight excluding hydrogens is 503 g/mol. The minimum absolute atomic E-state index is 0.00772. The number of carbonyl (C=O) groups excluding carboxylic acids is 1. The molecule has 3 aromatic rings. The average molecular weight is 531 g/mol. The van der Waals surface area contributed by atoms with Crippen LogP contribution in [0.15, 0.2) is 47.5 Å². The number of nitrogens with zero attached hydrogens (tertiary/aromatic N) is 3. The Morgan fingerprint density at radius 2 is 2.11 bits per heavy atom. The molecule has 11 heteroatoms. The van der Waals surface area contributed by atoms with Crippen LogP contribution >= 0.6 is 11.6 Å². The van der Waals surface area contributed by atoms with E-state index < -0.39 is 11.2 Å². The number of anilines is 1. The van der Waals surface area contributed by atoms with Gasteiger partial charge in [0.2, 0.25) is 5.88 Å². The van der Waals surface area contributed by atoms with Crippen LogP contribution in [0.5, 0.6) is 17.4 Å². The molecule has 0 saturated carbocycles. The Bertz CT molecular complexity index is 1310. The third kappa shape index (κ3) is 6.26. The highest BCUT2D eigenvalue weighted by Gasteiger charge is 2.32. The number of ether oxygens (including phenoxy) is 3. The van der Waals surface area contributed by atoms with E-state index in [-0.39, 0.29) is 35.5 Å². The topological polar surface area (TPSA) is 105 Å². The van der Waals surface area contributed by atoms with Crippen molar-refractivity contribution in [1.82, 2.24) is 14.8 Å². The molecule has 1 aliphatic rings. The third-order valence-electron chi connectivity index (χ3n) is 5.85. The zero-order valence-electron chi connectivity index (χ0n) is 20.6. The predicted octanol–water partition coefficient (Wildman–Crippen LogP) is 5.00. The van der Waals surface area contributed by atoms with Crippen molar-refractivity contribution in [3.63, 3.8) is 0 Å². The zero-order chi connectivity index (χ0) is 26.4. The number of pyridine rings is 1. The lowest BCUT2D eigenvalue weighted by Gasteiger charge is -2.29. The normalized spacial score (nSPS) is 17.3. The van der Waals surface area contributed by atoms with Crippen molar-refractivity contribution in [3.05, 3.63) is 63.7 Å². The maximum absolute atomic E-state index is 14.8. The number of benzene rings is 1. The molecule has 4 rings (SSSR count). The van der Waals surface area contributed by atoms with Crippen LogP contribution in [0.3, 0.4) is 0 Å². The van der Waals surface area contributed by atoms with Gasteiger partial charge in [-0.05, 0) is 38.0 Å². The minimum atomic E-state index is -1.53. The summed E-state index contributed by atoms with van der Waals surface area (Å²) in [6.45, 7) is 4.59. The number of hydrogen-bond acceptors (Lipinski definition) is 8. The second-order valence-corrected chi connectivity index (χ2v) is 8.95. The summed E-state index contributed by atoms with van der Waals surface area (Å²) in [6.07, 6.45) is 4.08. The molecule has 0 unspecified atom stereocenters. The number of aromatic nitrogens is 3. The van der Waals surface area contributed by atoms with E-state index >= 15 is 0 Å². The maximum atomic E-state index is 14.8. The Morgan fingerprint density at radius 3 is 2.78 bits per heavy atom. The number of carbonyl (C=O) groups is 1. The molecule has 1 aromatic carbocycles. The van der Waals surface area contributed by atoms with Gasteiger partial charge in [-0.1, -0.05) is 18.5 Å². The lowest BCUT2D eigenvalue weighted by Crippen LogP contribution is -2.40. The van der Waals surface area contributed by atoms with E-state index in [4.69, 9.17) is 25.8 Å². The summed E-state index contributed by atoms with van der Waals surface area (Å²) in [4.78, 5) is 29.5. The lowest BCUT2D eigenvalue weighted by molar-refractivity contribution is -0.0234. The number of ketones is 1. The fourth-order valence-corrected chi connectivity index (χ4v) is 4.08. The van der Waals surface area contributed by atoms with Crippen LogP contribution in [0.1, 0.15) is 43.5 Å². The molecule has 1 saturated heterocycles. The third-order valence-corrected chi connectivity index (χ3v) is 6.22. The second-order valence-electron chi connectivity index (χ2n) is 8.57. The molecular formula is C26H28ClFN4O5. The van der Waals surface area contributed by atoms with Gasteiger partial charge in [-0.2, -0.15) is 9.78 Å². The van der Waals surface area contributed by atoms with E-state index in [1.54, 1.807) is 37.3 Å². The van der Waals surface area contributed by atoms with Gasteiger partial charge in [-0.25, -0.2) is 9.37 Å². The van der Waals surface area contributed by atoms with Gasteiger partial charge in [-0.15, -0.1) is 0 Å². The van der Waals surface area contributed by atoms with Gasteiger partial charge in [-0.3, -0.25) is 9.59 Å². The number of halogens is 2. The zero-order valence-corrected chi connectivity index (χ0v) is 21.4. The first-order valence-electron chi connectivity index (χ1n) is 12.1. The monoisotopic (exact) mass is 530 g/mol. The molecule has 0 bridgehead atoms. The summed E-state index contributed by atoms with van der Waals surface area (Å²) >= 11 is 6.27. The van der Waals surface area contributed by atoms with E-state index in [1.165, 1.54) is 12.4 Å². The Labute approximate surface area is 218 Å². The summed E-state index contributed by atoms with van der Waals surface area (Å²) in [7, 11) is 0. The van der Waals surface area contributed by atoms with Crippen molar-refractivity contribution in [2.45, 2.75) is 38.8 Å². The highest BCUT2D eigenvalue weighted by molar-refractivity contribution is 6.32. The fourth-order valence-electron chi connectivity index (χ4n) is 3.89. The van der Waals surface area contributed by atoms with Crippen LogP contribution in [-0.4, -0.2) is 52.6 Å². The van der Waals surface area contributed by atoms with Gasteiger partial charge in [0.15, 0.2) is 11.5 Å². The molecule has 0 aliphatic carbocycles. The highest BCUT2D eigenvalue weighted by Crippen LogP contribution is 2.30. The number of Topliss-reactive ketones (excluding diaryl/α,β-unsaturated/α-hetero) is 1. The quantitative estimate of drug-likeness (QED) is 0.365. The number of nitrogens with one attached hydrogen (secondary N) is 1. The SMILES string of the molecule is CCOc1ccc(C(=O)CC)c(Oc2ccc(-n3ncc(NC[C@@]4(F)CCCOC4)c(Cl)c3=O)cn2)c1. The van der Waals surface area contributed by atoms with Crippen LogP contribution in [0, 0.1) is 0 Å². The maximum Gasteiger partial charge on any atom is 0.292 e. The summed E-state index contributed by atoms with van der Waals surface area (Å²) in [6, 6.07) is 8.15. The van der Waals surface area contributed by atoms with Gasteiger partial charge in [0.05, 0.1) is 49.1 Å². The second kappa shape index (κ2) is 11.7. The molecule has 1 fully saturated rings. The van der Waals surface area contributed by atoms with Crippen molar-refractivity contribution in [2.75, 3.05) is 31.7 Å². The van der Waals surface area contributed by atoms with Gasteiger partial charge < -0.3 is 19.5 Å². The van der Waals surface area contributed by atoms with Gasteiger partial charge in [0.25, 0.3) is 5.56 Å². The summed E-state index contributed by atoms with van der Waals surface area (Å²) in [5, 5.41) is 6.91. The number of hydrogen-bond donors (Lipinski definition) is 1. The molecule has 2 aromatic heterocycles. The van der Waals surface area contributed by atoms with Gasteiger partial charge in [0.1, 0.15) is 16.5 Å². The molecule has 9 nitrogen and oxygen atoms in total. The standard InChI is InChI=1S/C26H28ClFN4O5/c1-3-21(33)19-8-7-18(36-4-2)12-22(19)37-23-9-6-17(13-29-23)32-25(34)24(27)20(14-31-32)30-15-26(28)10-5-11-35-16-26/h6-9,12-14,30H,3-5,10-11,15-16H2,1-2H3/t26-/m0/s1. The van der Waals surface area contributed by atoms with Crippen LogP contribution < -0.4 is 20.3 Å². The Morgan fingerprint density at radius 1 is 1.27 bits per heavy atom. The highest BCUT2D eigenvalue weighted by atomic mass is 35.5. The van der Waals surface area contributed by atoms with E-state index in [0.29, 0.717) is 55.2 Å². The Kier molecular flexibility index (Phi) is 8.40. The fraction of sp³-hybridized carbons (Fsp3) is 0.385. The Hall–Kier alpha value is -3.50. The van der Waals surface area contributed by atoms with Crippen molar-refractivity contribution in [2.24, 2.45) is 0 Å². The lowest BCUT2D eigenvalue weighted by atomic mass is 9.99. The summed E-state index contributed by atoms with van der Waals surface area (Å²) in [5.74, 6) is 1.02. The van der Waals surface area contributed by atoms with Crippen molar-refractivity contribution in [1.29, 1.82) is 0 Å². The van der Waals surface area contributed by atoms with E-state index in [9.17, 15) is 14.0 Å². The molecule has 0 amide bonds. The van der Waals surface area contributed by atoms with Crippen molar-refractivity contribution in [3.8, 4) is 23.1 Å². The summed E-state index contributed by atoms with van der Waals surface area (Å²) in [5.41, 5.74) is -1.11. The smallest absolute Gasteiger partial charge is 0.292 e. The number of alkyl halides is 1. The first-order chi connectivity index (χ1) is 17.8. The average Bonchev–Trinajstić information content (AvgIpc) is 2.90. The van der Waals surface area contributed by atoms with Crippen LogP contribution in [0.25, 0.3) is 5.69 Å². The first-order valence-corrected chi connectivity index (χ1v) is 12.4. The molecule has 1 N–H and O–H groups in total. The molecule has 196 valence electrons. The molecule has 3 heterocycles. The molecule has 1 atom stereocenters. The van der Waals surface area contributed by atoms with Gasteiger partial charge in [0, 0.05) is 25.2 Å². The largest absolute Gasteiger partial charge is 0.494 e. The first kappa shape index (κ1) is 26.6. The minimum Gasteiger partial charge on any atom is -0.494 e. The van der Waals surface area contributed by atoms with Crippen LogP contribution in [0.2, 0.25) is 5.02 Å².